The number of carbonyl (C=O) groups is 1. The number of amides is 1. The summed E-state index contributed by atoms with van der Waals surface area (Å²) in [6, 6.07) is 4.74. The van der Waals surface area contributed by atoms with Crippen LogP contribution < -0.4 is 5.32 Å². The molecule has 2 atom stereocenters. The molecule has 4 heterocycles. The number of carbonyl (C=O) groups excluding carboxylic acids is 1. The molecule has 0 saturated heterocycles. The van der Waals surface area contributed by atoms with Crippen LogP contribution in [0.5, 0.6) is 0 Å². The van der Waals surface area contributed by atoms with Crippen LogP contribution in [0.2, 0.25) is 0 Å². The third kappa shape index (κ3) is 2.83. The van der Waals surface area contributed by atoms with Gasteiger partial charge in [0, 0.05) is 50.4 Å². The van der Waals surface area contributed by atoms with Crippen molar-refractivity contribution in [1.29, 1.82) is 0 Å². The normalized spacial score (nSPS) is 20.3. The van der Waals surface area contributed by atoms with Gasteiger partial charge < -0.3 is 19.4 Å². The third-order valence-corrected chi connectivity index (χ3v) is 7.01. The zero-order chi connectivity index (χ0) is 22.3. The second kappa shape index (κ2) is 6.57. The average Bonchev–Trinajstić information content (AvgIpc) is 3.62. The molecule has 9 heteroatoms. The number of hydrogen-bond acceptors (Lipinski definition) is 5. The highest BCUT2D eigenvalue weighted by atomic mass is 16.2. The number of nitrogens with one attached hydrogen (secondary N) is 1. The molecule has 2 unspecified atom stereocenters. The van der Waals surface area contributed by atoms with Crippen LogP contribution in [0.25, 0.3) is 22.1 Å². The van der Waals surface area contributed by atoms with E-state index in [1.165, 1.54) is 0 Å². The van der Waals surface area contributed by atoms with E-state index in [0.717, 1.165) is 52.8 Å². The minimum Gasteiger partial charge on any atom is -0.333 e. The summed E-state index contributed by atoms with van der Waals surface area (Å²) in [5, 5.41) is 8.78. The first-order valence-corrected chi connectivity index (χ1v) is 11.2. The molecule has 2 aliphatic rings. The van der Waals surface area contributed by atoms with E-state index < -0.39 is 0 Å². The Morgan fingerprint density at radius 3 is 2.59 bits per heavy atom. The molecule has 1 amide bonds. The SMILES string of the molecule is Cc1cc(Nc2nc3c(cc(C(=O)N(C4CC4)C4CC4C)n3C)c3c2ncn3C)nn1C. The fraction of sp³-hybridized carbons (Fsp3) is 0.478. The van der Waals surface area contributed by atoms with Crippen molar-refractivity contribution in [2.45, 2.75) is 45.2 Å². The van der Waals surface area contributed by atoms with E-state index in [4.69, 9.17) is 4.98 Å². The van der Waals surface area contributed by atoms with Crippen molar-refractivity contribution in [3.05, 3.63) is 29.8 Å². The van der Waals surface area contributed by atoms with Gasteiger partial charge >= 0.3 is 0 Å². The van der Waals surface area contributed by atoms with Crippen molar-refractivity contribution < 1.29 is 4.79 Å². The van der Waals surface area contributed by atoms with Crippen LogP contribution in [0.15, 0.2) is 18.5 Å². The lowest BCUT2D eigenvalue weighted by Gasteiger charge is -2.23. The molecule has 4 aromatic heterocycles. The highest BCUT2D eigenvalue weighted by Crippen LogP contribution is 2.43. The molecule has 0 radical (unpaired) electrons. The molecule has 0 aromatic carbocycles. The maximum absolute atomic E-state index is 13.6. The molecule has 6 rings (SSSR count). The largest absolute Gasteiger partial charge is 0.333 e. The lowest BCUT2D eigenvalue weighted by molar-refractivity contribution is 0.0712. The van der Waals surface area contributed by atoms with E-state index in [9.17, 15) is 4.79 Å². The fourth-order valence-corrected chi connectivity index (χ4v) is 4.78. The van der Waals surface area contributed by atoms with Crippen LogP contribution in [-0.2, 0) is 21.1 Å². The first kappa shape index (κ1) is 19.3. The minimum atomic E-state index is 0.118. The van der Waals surface area contributed by atoms with Gasteiger partial charge in [0.1, 0.15) is 16.9 Å². The van der Waals surface area contributed by atoms with Crippen molar-refractivity contribution in [2.75, 3.05) is 5.32 Å². The molecule has 0 bridgehead atoms. The van der Waals surface area contributed by atoms with Gasteiger partial charge in [0.15, 0.2) is 11.6 Å². The van der Waals surface area contributed by atoms with Crippen LogP contribution in [0, 0.1) is 12.8 Å². The van der Waals surface area contributed by atoms with E-state index >= 15 is 0 Å². The van der Waals surface area contributed by atoms with Crippen molar-refractivity contribution in [3.63, 3.8) is 0 Å². The maximum atomic E-state index is 13.6. The molecule has 0 aliphatic heterocycles. The van der Waals surface area contributed by atoms with E-state index in [-0.39, 0.29) is 5.91 Å². The van der Waals surface area contributed by atoms with Gasteiger partial charge in [-0.1, -0.05) is 6.92 Å². The van der Waals surface area contributed by atoms with Crippen LogP contribution in [0.1, 0.15) is 42.4 Å². The lowest BCUT2D eigenvalue weighted by Crippen LogP contribution is -2.36. The first-order chi connectivity index (χ1) is 15.3. The molecule has 2 aliphatic carbocycles. The Morgan fingerprint density at radius 2 is 1.97 bits per heavy atom. The molecule has 166 valence electrons. The zero-order valence-corrected chi connectivity index (χ0v) is 19.1. The summed E-state index contributed by atoms with van der Waals surface area (Å²) < 4.78 is 5.74. The van der Waals surface area contributed by atoms with E-state index in [2.05, 4.69) is 27.2 Å². The Hall–Kier alpha value is -3.36. The van der Waals surface area contributed by atoms with Crippen LogP contribution in [0.4, 0.5) is 11.6 Å². The lowest BCUT2D eigenvalue weighted by atomic mass is 10.2. The summed E-state index contributed by atoms with van der Waals surface area (Å²) in [5.41, 5.74) is 4.22. The van der Waals surface area contributed by atoms with Gasteiger partial charge in [0.2, 0.25) is 0 Å². The second-order valence-electron chi connectivity index (χ2n) is 9.48. The Balaban J connectivity index is 1.48. The van der Waals surface area contributed by atoms with Crippen molar-refractivity contribution in [3.8, 4) is 0 Å². The van der Waals surface area contributed by atoms with Gasteiger partial charge in [-0.05, 0) is 38.2 Å². The Labute approximate surface area is 186 Å². The molecular formula is C23H28N8O. The van der Waals surface area contributed by atoms with Gasteiger partial charge in [-0.2, -0.15) is 5.10 Å². The van der Waals surface area contributed by atoms with E-state index in [1.54, 1.807) is 6.33 Å². The quantitative estimate of drug-likeness (QED) is 0.523. The maximum Gasteiger partial charge on any atom is 0.271 e. The van der Waals surface area contributed by atoms with Gasteiger partial charge in [-0.15, -0.1) is 0 Å². The molecule has 9 nitrogen and oxygen atoms in total. The van der Waals surface area contributed by atoms with Gasteiger partial charge in [-0.25, -0.2) is 9.97 Å². The number of aromatic nitrogens is 6. The molecule has 4 aromatic rings. The molecule has 1 N–H and O–H groups in total. The number of fused-ring (bicyclic) bond motifs is 3. The molecule has 2 fully saturated rings. The summed E-state index contributed by atoms with van der Waals surface area (Å²) in [5.74, 6) is 2.07. The first-order valence-electron chi connectivity index (χ1n) is 11.2. The van der Waals surface area contributed by atoms with Crippen molar-refractivity contribution in [2.24, 2.45) is 27.1 Å². The summed E-state index contributed by atoms with van der Waals surface area (Å²) in [6.45, 7) is 4.24. The number of hydrogen-bond donors (Lipinski definition) is 1. The smallest absolute Gasteiger partial charge is 0.271 e. The number of aryl methyl sites for hydroxylation is 4. The second-order valence-corrected chi connectivity index (χ2v) is 9.48. The molecule has 2 saturated carbocycles. The number of nitrogens with zero attached hydrogens (tertiary/aromatic N) is 7. The summed E-state index contributed by atoms with van der Waals surface area (Å²) in [6.07, 6.45) is 5.12. The number of pyridine rings is 1. The zero-order valence-electron chi connectivity index (χ0n) is 19.1. The highest BCUT2D eigenvalue weighted by molar-refractivity contribution is 6.10. The monoisotopic (exact) mass is 432 g/mol. The van der Waals surface area contributed by atoms with Gasteiger partial charge in [0.05, 0.1) is 11.8 Å². The molecule has 32 heavy (non-hydrogen) atoms. The van der Waals surface area contributed by atoms with Gasteiger partial charge in [-0.3, -0.25) is 9.48 Å². The standard InChI is InChI=1S/C23H28N8O/c1-12-8-16(12)31(14-6-7-14)23(32)17-10-15-20-19(24-11-28(20)3)21(26-22(15)29(17)4)25-18-9-13(2)30(5)27-18/h9-12,14,16H,6-8H2,1-5H3,(H,25,26,27). The predicted octanol–water partition coefficient (Wildman–Crippen LogP) is 3.26. The molecule has 0 spiro atoms. The summed E-state index contributed by atoms with van der Waals surface area (Å²) in [4.78, 5) is 25.3. The van der Waals surface area contributed by atoms with Crippen molar-refractivity contribution in [1.82, 2.24) is 33.8 Å². The van der Waals surface area contributed by atoms with Crippen LogP contribution in [0.3, 0.4) is 0 Å². The average molecular weight is 433 g/mol. The number of anilines is 2. The summed E-state index contributed by atoms with van der Waals surface area (Å²) >= 11 is 0. The fourth-order valence-electron chi connectivity index (χ4n) is 4.78. The van der Waals surface area contributed by atoms with Gasteiger partial charge in [0.25, 0.3) is 5.91 Å². The van der Waals surface area contributed by atoms with E-state index in [0.29, 0.717) is 29.5 Å². The molecular weight excluding hydrogens is 404 g/mol. The van der Waals surface area contributed by atoms with Crippen LogP contribution >= 0.6 is 0 Å². The Kier molecular flexibility index (Phi) is 3.97. The topological polar surface area (TPSA) is 85.8 Å². The van der Waals surface area contributed by atoms with Crippen molar-refractivity contribution >= 4 is 39.6 Å². The van der Waals surface area contributed by atoms with E-state index in [1.807, 2.05) is 54.0 Å². The number of rotatable bonds is 5. The third-order valence-electron chi connectivity index (χ3n) is 7.01. The summed E-state index contributed by atoms with van der Waals surface area (Å²) in [7, 11) is 5.82. The minimum absolute atomic E-state index is 0.118. The van der Waals surface area contributed by atoms with Crippen LogP contribution in [-0.4, -0.2) is 51.8 Å². The Bertz CT molecular complexity index is 1370. The highest BCUT2D eigenvalue weighted by Gasteiger charge is 2.47. The number of imidazole rings is 1. The predicted molar refractivity (Wildman–Crippen MR) is 123 cm³/mol. The Morgan fingerprint density at radius 1 is 1.22 bits per heavy atom.